The molecule has 0 fully saturated rings. The van der Waals surface area contributed by atoms with Gasteiger partial charge in [-0.1, -0.05) is 17.3 Å². The van der Waals surface area contributed by atoms with E-state index < -0.39 is 15.8 Å². The second kappa shape index (κ2) is 6.45. The molecule has 1 heterocycles. The van der Waals surface area contributed by atoms with Gasteiger partial charge < -0.3 is 9.26 Å². The largest absolute Gasteiger partial charge is 0.489 e. The molecular formula is C14H17FN2O4S. The van der Waals surface area contributed by atoms with Crippen molar-refractivity contribution < 1.29 is 22.1 Å². The standard InChI is InChI=1S/C14H17FN2O4S/c1-10-14(11(2)21-16-10)22(18,19)17(3)8-9-20-13-7-5-4-6-12(13)15/h4-7H,8-9H2,1-3H3. The normalized spacial score (nSPS) is 11.9. The molecule has 1 aromatic carbocycles. The number of aromatic nitrogens is 1. The maximum Gasteiger partial charge on any atom is 0.248 e. The Kier molecular flexibility index (Phi) is 4.82. The lowest BCUT2D eigenvalue weighted by Gasteiger charge is -2.17. The Morgan fingerprint density at radius 1 is 1.32 bits per heavy atom. The molecule has 0 N–H and O–H groups in total. The van der Waals surface area contributed by atoms with Crippen LogP contribution in [0.15, 0.2) is 33.7 Å². The van der Waals surface area contributed by atoms with Crippen LogP contribution in [0.5, 0.6) is 5.75 Å². The van der Waals surface area contributed by atoms with E-state index >= 15 is 0 Å². The van der Waals surface area contributed by atoms with E-state index in [-0.39, 0.29) is 29.6 Å². The summed E-state index contributed by atoms with van der Waals surface area (Å²) in [7, 11) is -2.30. The summed E-state index contributed by atoms with van der Waals surface area (Å²) in [5.41, 5.74) is 0.305. The van der Waals surface area contributed by atoms with E-state index in [2.05, 4.69) is 5.16 Å². The molecule has 0 aliphatic rings. The molecular weight excluding hydrogens is 311 g/mol. The summed E-state index contributed by atoms with van der Waals surface area (Å²) in [4.78, 5) is 0.0564. The summed E-state index contributed by atoms with van der Waals surface area (Å²) in [5, 5.41) is 3.64. The molecule has 2 rings (SSSR count). The average Bonchev–Trinajstić information content (AvgIpc) is 2.80. The van der Waals surface area contributed by atoms with Gasteiger partial charge in [0.05, 0.1) is 0 Å². The van der Waals surface area contributed by atoms with Crippen molar-refractivity contribution in [2.45, 2.75) is 18.7 Å². The highest BCUT2D eigenvalue weighted by molar-refractivity contribution is 7.89. The smallest absolute Gasteiger partial charge is 0.248 e. The molecule has 0 spiro atoms. The van der Waals surface area contributed by atoms with Gasteiger partial charge in [-0.05, 0) is 26.0 Å². The zero-order valence-corrected chi connectivity index (χ0v) is 13.4. The van der Waals surface area contributed by atoms with Gasteiger partial charge in [0.1, 0.15) is 17.2 Å². The average molecular weight is 328 g/mol. The van der Waals surface area contributed by atoms with Crippen LogP contribution in [0.3, 0.4) is 0 Å². The fraction of sp³-hybridized carbons (Fsp3) is 0.357. The molecule has 22 heavy (non-hydrogen) atoms. The lowest BCUT2D eigenvalue weighted by molar-refractivity contribution is 0.275. The summed E-state index contributed by atoms with van der Waals surface area (Å²) < 4.78 is 49.6. The molecule has 0 unspecified atom stereocenters. The molecule has 120 valence electrons. The molecule has 8 heteroatoms. The fourth-order valence-electron chi connectivity index (χ4n) is 1.96. The van der Waals surface area contributed by atoms with Crippen LogP contribution in [0, 0.1) is 19.7 Å². The summed E-state index contributed by atoms with van der Waals surface area (Å²) in [6.07, 6.45) is 0. The third-order valence-electron chi connectivity index (χ3n) is 3.14. The van der Waals surface area contributed by atoms with Crippen LogP contribution in [0.2, 0.25) is 0 Å². The molecule has 0 aliphatic heterocycles. The van der Waals surface area contributed by atoms with Crippen LogP contribution in [0.25, 0.3) is 0 Å². The Labute approximate surface area is 128 Å². The van der Waals surface area contributed by atoms with E-state index in [4.69, 9.17) is 9.26 Å². The topological polar surface area (TPSA) is 72.6 Å². The van der Waals surface area contributed by atoms with Crippen molar-refractivity contribution in [3.63, 3.8) is 0 Å². The molecule has 0 bridgehead atoms. The number of benzene rings is 1. The quantitative estimate of drug-likeness (QED) is 0.812. The van der Waals surface area contributed by atoms with Crippen molar-refractivity contribution in [2.24, 2.45) is 0 Å². The molecule has 0 saturated heterocycles. The molecule has 0 saturated carbocycles. The van der Waals surface area contributed by atoms with E-state index in [0.29, 0.717) is 5.69 Å². The minimum Gasteiger partial charge on any atom is -0.489 e. The summed E-state index contributed by atoms with van der Waals surface area (Å²) in [6, 6.07) is 5.96. The molecule has 2 aromatic rings. The van der Waals surface area contributed by atoms with Crippen LogP contribution in [0.1, 0.15) is 11.5 Å². The summed E-state index contributed by atoms with van der Waals surface area (Å²) in [6.45, 7) is 3.20. The van der Waals surface area contributed by atoms with E-state index in [1.807, 2.05) is 0 Å². The number of sulfonamides is 1. The fourth-order valence-corrected chi connectivity index (χ4v) is 3.40. The minimum atomic E-state index is -3.72. The minimum absolute atomic E-state index is 0.0278. The molecule has 6 nitrogen and oxygen atoms in total. The van der Waals surface area contributed by atoms with E-state index in [9.17, 15) is 12.8 Å². The third-order valence-corrected chi connectivity index (χ3v) is 5.24. The number of hydrogen-bond donors (Lipinski definition) is 0. The van der Waals surface area contributed by atoms with Crippen molar-refractivity contribution >= 4 is 10.0 Å². The van der Waals surface area contributed by atoms with Gasteiger partial charge in [0.15, 0.2) is 17.3 Å². The highest BCUT2D eigenvalue weighted by Gasteiger charge is 2.28. The second-order valence-corrected chi connectivity index (χ2v) is 6.74. The van der Waals surface area contributed by atoms with Crippen molar-refractivity contribution in [2.75, 3.05) is 20.2 Å². The van der Waals surface area contributed by atoms with Gasteiger partial charge in [0.2, 0.25) is 10.0 Å². The third kappa shape index (κ3) is 3.28. The van der Waals surface area contributed by atoms with Crippen LogP contribution in [-0.2, 0) is 10.0 Å². The lowest BCUT2D eigenvalue weighted by atomic mass is 10.3. The number of halogens is 1. The van der Waals surface area contributed by atoms with E-state index in [1.165, 1.54) is 26.1 Å². The Morgan fingerprint density at radius 2 is 2.00 bits per heavy atom. The number of likely N-dealkylation sites (N-methyl/N-ethyl adjacent to an activating group) is 1. The molecule has 1 aromatic heterocycles. The second-order valence-electron chi connectivity index (χ2n) is 4.76. The maximum absolute atomic E-state index is 13.4. The van der Waals surface area contributed by atoms with Crippen LogP contribution in [-0.4, -0.2) is 38.1 Å². The monoisotopic (exact) mass is 328 g/mol. The predicted molar refractivity (Wildman–Crippen MR) is 77.7 cm³/mol. The Hall–Kier alpha value is -1.93. The predicted octanol–water partition coefficient (Wildman–Crippen LogP) is 2.13. The molecule has 0 radical (unpaired) electrons. The van der Waals surface area contributed by atoms with E-state index in [0.717, 1.165) is 4.31 Å². The van der Waals surface area contributed by atoms with Gasteiger partial charge in [-0.2, -0.15) is 4.31 Å². The number of nitrogens with zero attached hydrogens (tertiary/aromatic N) is 2. The zero-order chi connectivity index (χ0) is 16.3. The number of aryl methyl sites for hydroxylation is 2. The van der Waals surface area contributed by atoms with Gasteiger partial charge in [-0.25, -0.2) is 12.8 Å². The number of hydrogen-bond acceptors (Lipinski definition) is 5. The van der Waals surface area contributed by atoms with Crippen LogP contribution >= 0.6 is 0 Å². The van der Waals surface area contributed by atoms with Crippen LogP contribution in [0.4, 0.5) is 4.39 Å². The molecule has 0 atom stereocenters. The van der Waals surface area contributed by atoms with Gasteiger partial charge >= 0.3 is 0 Å². The van der Waals surface area contributed by atoms with E-state index in [1.54, 1.807) is 19.1 Å². The van der Waals surface area contributed by atoms with Crippen molar-refractivity contribution in [1.82, 2.24) is 9.46 Å². The first-order valence-electron chi connectivity index (χ1n) is 6.60. The molecule has 0 aliphatic carbocycles. The van der Waals surface area contributed by atoms with Gasteiger partial charge in [0, 0.05) is 13.6 Å². The SMILES string of the molecule is Cc1noc(C)c1S(=O)(=O)N(C)CCOc1ccccc1F. The number of para-hydroxylation sites is 1. The number of rotatable bonds is 6. The Morgan fingerprint density at radius 3 is 2.59 bits per heavy atom. The first-order chi connectivity index (χ1) is 10.3. The zero-order valence-electron chi connectivity index (χ0n) is 12.5. The van der Waals surface area contributed by atoms with Gasteiger partial charge in [-0.15, -0.1) is 0 Å². The van der Waals surface area contributed by atoms with Gasteiger partial charge in [0.25, 0.3) is 0 Å². The summed E-state index contributed by atoms with van der Waals surface area (Å²) in [5.74, 6) is -0.163. The lowest BCUT2D eigenvalue weighted by Crippen LogP contribution is -2.31. The Balaban J connectivity index is 2.03. The first-order valence-corrected chi connectivity index (χ1v) is 8.04. The van der Waals surface area contributed by atoms with Crippen molar-refractivity contribution in [3.05, 3.63) is 41.5 Å². The summed E-state index contributed by atoms with van der Waals surface area (Å²) >= 11 is 0. The number of ether oxygens (including phenoxy) is 1. The Bertz CT molecular complexity index is 738. The van der Waals surface area contributed by atoms with Crippen molar-refractivity contribution in [1.29, 1.82) is 0 Å². The van der Waals surface area contributed by atoms with Crippen molar-refractivity contribution in [3.8, 4) is 5.75 Å². The highest BCUT2D eigenvalue weighted by Crippen LogP contribution is 2.22. The molecule has 0 amide bonds. The highest BCUT2D eigenvalue weighted by atomic mass is 32.2. The first kappa shape index (κ1) is 16.4. The van der Waals surface area contributed by atoms with Crippen LogP contribution < -0.4 is 4.74 Å². The van der Waals surface area contributed by atoms with Gasteiger partial charge in [-0.3, -0.25) is 0 Å². The maximum atomic E-state index is 13.4.